The van der Waals surface area contributed by atoms with Crippen molar-refractivity contribution >= 4 is 46.4 Å². The van der Waals surface area contributed by atoms with E-state index in [4.69, 9.17) is 9.47 Å². The fourth-order valence-corrected chi connectivity index (χ4v) is 1.89. The number of aliphatic imine (C=N–C) groups is 1. The SMILES string of the molecule is CC(C)(C)OC(=O)NC(=Nc1ccc(I)cc1)NC(=O)OC(C)(C)C. The number of hydrogen-bond donors (Lipinski definition) is 2. The van der Waals surface area contributed by atoms with Crippen LogP contribution in [0.3, 0.4) is 0 Å². The summed E-state index contributed by atoms with van der Waals surface area (Å²) in [6, 6.07) is 7.24. The molecule has 0 aliphatic heterocycles. The lowest BCUT2D eigenvalue weighted by Gasteiger charge is -2.22. The normalized spacial score (nSPS) is 11.3. The summed E-state index contributed by atoms with van der Waals surface area (Å²) < 4.78 is 11.4. The van der Waals surface area contributed by atoms with Crippen LogP contribution < -0.4 is 10.6 Å². The maximum atomic E-state index is 12.0. The number of guanidine groups is 1. The number of nitrogens with zero attached hydrogens (tertiary/aromatic N) is 1. The molecule has 0 aromatic heterocycles. The lowest BCUT2D eigenvalue weighted by molar-refractivity contribution is 0.0545. The number of hydrogen-bond acceptors (Lipinski definition) is 5. The van der Waals surface area contributed by atoms with Gasteiger partial charge in [-0.3, -0.25) is 10.6 Å². The Morgan fingerprint density at radius 1 is 0.880 bits per heavy atom. The molecule has 0 unspecified atom stereocenters. The van der Waals surface area contributed by atoms with Crippen LogP contribution in [0.15, 0.2) is 29.3 Å². The minimum atomic E-state index is -0.729. The molecule has 0 aliphatic rings. The molecule has 0 saturated carbocycles. The van der Waals surface area contributed by atoms with Gasteiger partial charge in [-0.15, -0.1) is 0 Å². The molecule has 0 bridgehead atoms. The van der Waals surface area contributed by atoms with E-state index >= 15 is 0 Å². The summed E-state index contributed by atoms with van der Waals surface area (Å²) >= 11 is 2.17. The third kappa shape index (κ3) is 9.90. The Kier molecular flexibility index (Phi) is 7.21. The average molecular weight is 461 g/mol. The van der Waals surface area contributed by atoms with Crippen LogP contribution in [0.2, 0.25) is 0 Å². The monoisotopic (exact) mass is 461 g/mol. The second kappa shape index (κ2) is 8.50. The molecule has 0 atom stereocenters. The minimum Gasteiger partial charge on any atom is -0.444 e. The highest BCUT2D eigenvalue weighted by molar-refractivity contribution is 14.1. The van der Waals surface area contributed by atoms with E-state index in [0.29, 0.717) is 5.69 Å². The molecule has 0 aliphatic carbocycles. The van der Waals surface area contributed by atoms with Gasteiger partial charge >= 0.3 is 12.2 Å². The molecule has 0 heterocycles. The van der Waals surface area contributed by atoms with E-state index in [2.05, 4.69) is 38.2 Å². The Labute approximate surface area is 161 Å². The van der Waals surface area contributed by atoms with Gasteiger partial charge in [0.25, 0.3) is 0 Å². The first-order chi connectivity index (χ1) is 11.3. The number of rotatable bonds is 1. The molecule has 25 heavy (non-hydrogen) atoms. The van der Waals surface area contributed by atoms with Crippen molar-refractivity contribution in [3.63, 3.8) is 0 Å². The lowest BCUT2D eigenvalue weighted by atomic mass is 10.2. The fourth-order valence-electron chi connectivity index (χ4n) is 1.53. The molecule has 0 radical (unpaired) electrons. The second-order valence-corrected chi connectivity index (χ2v) is 8.44. The topological polar surface area (TPSA) is 89.0 Å². The van der Waals surface area contributed by atoms with Gasteiger partial charge in [-0.05, 0) is 88.4 Å². The van der Waals surface area contributed by atoms with Gasteiger partial charge in [0.1, 0.15) is 11.2 Å². The van der Waals surface area contributed by atoms with E-state index in [-0.39, 0.29) is 5.96 Å². The van der Waals surface area contributed by atoms with Gasteiger partial charge in [-0.1, -0.05) is 0 Å². The maximum absolute atomic E-state index is 12.0. The predicted molar refractivity (Wildman–Crippen MR) is 105 cm³/mol. The molecule has 0 saturated heterocycles. The summed E-state index contributed by atoms with van der Waals surface area (Å²) in [5.41, 5.74) is -0.795. The number of alkyl carbamates (subject to hydrolysis) is 2. The number of carbonyl (C=O) groups is 2. The van der Waals surface area contributed by atoms with E-state index < -0.39 is 23.4 Å². The lowest BCUT2D eigenvalue weighted by Crippen LogP contribution is -2.47. The molecular formula is C17H24IN3O4. The fraction of sp³-hybridized carbons (Fsp3) is 0.471. The number of benzene rings is 1. The number of carbonyl (C=O) groups excluding carboxylic acids is 2. The van der Waals surface area contributed by atoms with Crippen LogP contribution in [-0.4, -0.2) is 29.3 Å². The van der Waals surface area contributed by atoms with Crippen LogP contribution in [0.1, 0.15) is 41.5 Å². The van der Waals surface area contributed by atoms with Gasteiger partial charge < -0.3 is 9.47 Å². The second-order valence-electron chi connectivity index (χ2n) is 7.19. The first kappa shape index (κ1) is 21.2. The standard InChI is InChI=1S/C17H24IN3O4/c1-16(2,3)24-14(22)20-13(21-15(23)25-17(4,5)6)19-12-9-7-11(18)8-10-12/h7-10H,1-6H3,(H2,19,20,21,22,23). The number of ether oxygens (including phenoxy) is 2. The van der Waals surface area contributed by atoms with E-state index in [0.717, 1.165) is 3.57 Å². The zero-order valence-corrected chi connectivity index (χ0v) is 17.4. The van der Waals surface area contributed by atoms with Crippen molar-refractivity contribution in [2.75, 3.05) is 0 Å². The van der Waals surface area contributed by atoms with Crippen molar-refractivity contribution in [1.82, 2.24) is 10.6 Å². The zero-order chi connectivity index (χ0) is 19.3. The Morgan fingerprint density at radius 2 is 1.28 bits per heavy atom. The first-order valence-corrected chi connectivity index (χ1v) is 8.76. The number of amides is 2. The molecule has 2 N–H and O–H groups in total. The van der Waals surface area contributed by atoms with E-state index in [1.54, 1.807) is 53.7 Å². The highest BCUT2D eigenvalue weighted by Gasteiger charge is 2.21. The quantitative estimate of drug-likeness (QED) is 0.370. The number of halogens is 1. The summed E-state index contributed by atoms with van der Waals surface area (Å²) in [7, 11) is 0. The van der Waals surface area contributed by atoms with Crippen LogP contribution in [0.25, 0.3) is 0 Å². The van der Waals surface area contributed by atoms with Crippen LogP contribution in [-0.2, 0) is 9.47 Å². The Hall–Kier alpha value is -1.84. The highest BCUT2D eigenvalue weighted by atomic mass is 127. The van der Waals surface area contributed by atoms with Crippen molar-refractivity contribution < 1.29 is 19.1 Å². The van der Waals surface area contributed by atoms with Crippen molar-refractivity contribution in [2.45, 2.75) is 52.7 Å². The van der Waals surface area contributed by atoms with Crippen LogP contribution in [0.4, 0.5) is 15.3 Å². The van der Waals surface area contributed by atoms with Crippen LogP contribution >= 0.6 is 22.6 Å². The average Bonchev–Trinajstić information content (AvgIpc) is 2.36. The molecule has 0 spiro atoms. The predicted octanol–water partition coefficient (Wildman–Crippen LogP) is 4.33. The smallest absolute Gasteiger partial charge is 0.414 e. The Bertz CT molecular complexity index is 611. The van der Waals surface area contributed by atoms with Gasteiger partial charge in [-0.2, -0.15) is 0 Å². The molecule has 7 nitrogen and oxygen atoms in total. The molecule has 1 rings (SSSR count). The molecule has 8 heteroatoms. The minimum absolute atomic E-state index is 0.0790. The summed E-state index contributed by atoms with van der Waals surface area (Å²) in [5.74, 6) is -0.0790. The Morgan fingerprint density at radius 3 is 1.64 bits per heavy atom. The van der Waals surface area contributed by atoms with Gasteiger partial charge in [0.15, 0.2) is 0 Å². The molecule has 2 amide bonds. The summed E-state index contributed by atoms with van der Waals surface area (Å²) in [6.07, 6.45) is -1.46. The van der Waals surface area contributed by atoms with E-state index in [9.17, 15) is 9.59 Å². The third-order valence-electron chi connectivity index (χ3n) is 2.31. The van der Waals surface area contributed by atoms with Crippen LogP contribution in [0.5, 0.6) is 0 Å². The van der Waals surface area contributed by atoms with E-state index in [1.165, 1.54) is 0 Å². The van der Waals surface area contributed by atoms with Gasteiger partial charge in [0.05, 0.1) is 5.69 Å². The van der Waals surface area contributed by atoms with Crippen LogP contribution in [0, 0.1) is 3.57 Å². The van der Waals surface area contributed by atoms with Gasteiger partial charge in [0.2, 0.25) is 5.96 Å². The van der Waals surface area contributed by atoms with Crippen molar-refractivity contribution in [3.05, 3.63) is 27.8 Å². The largest absolute Gasteiger partial charge is 0.444 e. The maximum Gasteiger partial charge on any atom is 0.414 e. The van der Waals surface area contributed by atoms with E-state index in [1.807, 2.05) is 12.1 Å². The molecule has 1 aromatic carbocycles. The molecule has 138 valence electrons. The summed E-state index contributed by atoms with van der Waals surface area (Å²) in [5, 5.41) is 4.86. The third-order valence-corrected chi connectivity index (χ3v) is 3.03. The molecule has 1 aromatic rings. The van der Waals surface area contributed by atoms with Gasteiger partial charge in [0, 0.05) is 3.57 Å². The summed E-state index contributed by atoms with van der Waals surface area (Å²) in [6.45, 7) is 10.4. The van der Waals surface area contributed by atoms with Crippen molar-refractivity contribution in [2.24, 2.45) is 4.99 Å². The van der Waals surface area contributed by atoms with Crippen molar-refractivity contribution in [1.29, 1.82) is 0 Å². The van der Waals surface area contributed by atoms with Gasteiger partial charge in [-0.25, -0.2) is 14.6 Å². The Balaban J connectivity index is 2.95. The van der Waals surface area contributed by atoms with Crippen molar-refractivity contribution in [3.8, 4) is 0 Å². The molecular weight excluding hydrogens is 437 g/mol. The number of nitrogens with one attached hydrogen (secondary N) is 2. The zero-order valence-electron chi connectivity index (χ0n) is 15.3. The highest BCUT2D eigenvalue weighted by Crippen LogP contribution is 2.14. The molecule has 0 fully saturated rings. The summed E-state index contributed by atoms with van der Waals surface area (Å²) in [4.78, 5) is 28.2. The first-order valence-electron chi connectivity index (χ1n) is 7.68.